The molecule has 0 aliphatic heterocycles. The molecule has 0 radical (unpaired) electrons. The first kappa shape index (κ1) is 11.9. The zero-order chi connectivity index (χ0) is 13.4. The van der Waals surface area contributed by atoms with Crippen LogP contribution in [0.3, 0.4) is 0 Å². The van der Waals surface area contributed by atoms with Gasteiger partial charge >= 0.3 is 0 Å². The van der Waals surface area contributed by atoms with Crippen LogP contribution in [0.5, 0.6) is 0 Å². The fourth-order valence-corrected chi connectivity index (χ4v) is 2.13. The molecule has 0 atom stereocenters. The average molecular weight is 271 g/mol. The van der Waals surface area contributed by atoms with Gasteiger partial charge in [0.25, 0.3) is 5.56 Å². The number of aryl methyl sites for hydroxylation is 1. The first-order chi connectivity index (χ1) is 9.13. The van der Waals surface area contributed by atoms with Crippen LogP contribution in [0.15, 0.2) is 47.3 Å². The highest BCUT2D eigenvalue weighted by Gasteiger charge is 2.06. The Balaban J connectivity index is 2.24. The number of nitrogens with zero attached hydrogens (tertiary/aromatic N) is 1. The second kappa shape index (κ2) is 4.52. The molecule has 0 aliphatic rings. The standard InChI is InChI=1S/C15H11ClN2O/c1-9-2-4-10(5-3-9)14-17-13-7-6-11(16)8-12(13)15(19)18-14/h2-8H,1H3,(H,17,18,19). The zero-order valence-corrected chi connectivity index (χ0v) is 11.0. The van der Waals surface area contributed by atoms with Gasteiger partial charge in [-0.3, -0.25) is 4.79 Å². The van der Waals surface area contributed by atoms with Gasteiger partial charge in [0.2, 0.25) is 0 Å². The first-order valence-electron chi connectivity index (χ1n) is 5.90. The average Bonchev–Trinajstić information content (AvgIpc) is 2.40. The number of rotatable bonds is 1. The molecule has 4 heteroatoms. The second-order valence-electron chi connectivity index (χ2n) is 4.44. The number of halogens is 1. The minimum Gasteiger partial charge on any atom is -0.306 e. The lowest BCUT2D eigenvalue weighted by molar-refractivity contribution is 1.18. The van der Waals surface area contributed by atoms with E-state index in [2.05, 4.69) is 9.97 Å². The maximum atomic E-state index is 12.0. The molecule has 0 saturated heterocycles. The third-order valence-corrected chi connectivity index (χ3v) is 3.23. The summed E-state index contributed by atoms with van der Waals surface area (Å²) in [4.78, 5) is 19.3. The van der Waals surface area contributed by atoms with Crippen LogP contribution in [0, 0.1) is 6.92 Å². The van der Waals surface area contributed by atoms with Crippen molar-refractivity contribution in [3.63, 3.8) is 0 Å². The topological polar surface area (TPSA) is 45.8 Å². The molecule has 94 valence electrons. The Morgan fingerprint density at radius 3 is 2.58 bits per heavy atom. The van der Waals surface area contributed by atoms with Crippen LogP contribution in [0.1, 0.15) is 5.56 Å². The highest BCUT2D eigenvalue weighted by atomic mass is 35.5. The van der Waals surface area contributed by atoms with Crippen LogP contribution in [0.2, 0.25) is 5.02 Å². The van der Waals surface area contributed by atoms with E-state index >= 15 is 0 Å². The van der Waals surface area contributed by atoms with Gasteiger partial charge < -0.3 is 4.98 Å². The monoisotopic (exact) mass is 270 g/mol. The Bertz CT molecular complexity index is 806. The van der Waals surface area contributed by atoms with Gasteiger partial charge in [-0.05, 0) is 25.1 Å². The largest absolute Gasteiger partial charge is 0.306 e. The van der Waals surface area contributed by atoms with E-state index in [1.54, 1.807) is 18.2 Å². The number of nitrogens with one attached hydrogen (secondary N) is 1. The highest BCUT2D eigenvalue weighted by Crippen LogP contribution is 2.19. The summed E-state index contributed by atoms with van der Waals surface area (Å²) in [7, 11) is 0. The lowest BCUT2D eigenvalue weighted by atomic mass is 10.1. The van der Waals surface area contributed by atoms with Gasteiger partial charge in [-0.25, -0.2) is 4.98 Å². The molecule has 3 rings (SSSR count). The number of H-pyrrole nitrogens is 1. The van der Waals surface area contributed by atoms with Crippen molar-refractivity contribution in [3.05, 3.63) is 63.4 Å². The summed E-state index contributed by atoms with van der Waals surface area (Å²) in [5.41, 5.74) is 2.52. The molecular formula is C15H11ClN2O. The van der Waals surface area contributed by atoms with Crippen molar-refractivity contribution in [1.29, 1.82) is 0 Å². The Morgan fingerprint density at radius 2 is 1.84 bits per heavy atom. The highest BCUT2D eigenvalue weighted by molar-refractivity contribution is 6.31. The Hall–Kier alpha value is -2.13. The van der Waals surface area contributed by atoms with Gasteiger partial charge in [0.15, 0.2) is 0 Å². The molecule has 2 aromatic carbocycles. The van der Waals surface area contributed by atoms with E-state index in [0.717, 1.165) is 5.56 Å². The van der Waals surface area contributed by atoms with E-state index in [1.807, 2.05) is 31.2 Å². The predicted octanol–water partition coefficient (Wildman–Crippen LogP) is 3.55. The SMILES string of the molecule is Cc1ccc(-c2nc3ccc(Cl)cc3c(=O)[nH]2)cc1. The van der Waals surface area contributed by atoms with E-state index in [9.17, 15) is 4.79 Å². The zero-order valence-electron chi connectivity index (χ0n) is 10.3. The van der Waals surface area contributed by atoms with Crippen LogP contribution in [0.4, 0.5) is 0 Å². The van der Waals surface area contributed by atoms with E-state index in [0.29, 0.717) is 21.7 Å². The van der Waals surface area contributed by atoms with E-state index < -0.39 is 0 Å². The summed E-state index contributed by atoms with van der Waals surface area (Å²) in [6.07, 6.45) is 0. The van der Waals surface area contributed by atoms with Gasteiger partial charge in [-0.15, -0.1) is 0 Å². The number of benzene rings is 2. The minimum atomic E-state index is -0.178. The molecule has 0 fully saturated rings. The van der Waals surface area contributed by atoms with Crippen LogP contribution in [-0.4, -0.2) is 9.97 Å². The molecule has 0 aliphatic carbocycles. The third kappa shape index (κ3) is 2.25. The van der Waals surface area contributed by atoms with Gasteiger partial charge in [0, 0.05) is 10.6 Å². The summed E-state index contributed by atoms with van der Waals surface area (Å²) in [5.74, 6) is 0.569. The van der Waals surface area contributed by atoms with Crippen LogP contribution >= 0.6 is 11.6 Å². The number of hydrogen-bond donors (Lipinski definition) is 1. The summed E-state index contributed by atoms with van der Waals surface area (Å²) in [6.45, 7) is 2.02. The minimum absolute atomic E-state index is 0.178. The van der Waals surface area contributed by atoms with Crippen molar-refractivity contribution < 1.29 is 0 Å². The maximum absolute atomic E-state index is 12.0. The lowest BCUT2D eigenvalue weighted by Crippen LogP contribution is -2.09. The number of aromatic amines is 1. The molecule has 0 bridgehead atoms. The molecule has 0 spiro atoms. The molecule has 0 amide bonds. The first-order valence-corrected chi connectivity index (χ1v) is 6.28. The van der Waals surface area contributed by atoms with Crippen molar-refractivity contribution in [2.75, 3.05) is 0 Å². The normalized spacial score (nSPS) is 10.8. The summed E-state index contributed by atoms with van der Waals surface area (Å²) < 4.78 is 0. The molecule has 1 heterocycles. The summed E-state index contributed by atoms with van der Waals surface area (Å²) in [6, 6.07) is 13.0. The van der Waals surface area contributed by atoms with Gasteiger partial charge in [-0.1, -0.05) is 41.4 Å². The van der Waals surface area contributed by atoms with Crippen molar-refractivity contribution in [1.82, 2.24) is 9.97 Å². The summed E-state index contributed by atoms with van der Waals surface area (Å²) in [5, 5.41) is 1.03. The number of fused-ring (bicyclic) bond motifs is 1. The van der Waals surface area contributed by atoms with E-state index in [4.69, 9.17) is 11.6 Å². The maximum Gasteiger partial charge on any atom is 0.259 e. The predicted molar refractivity (Wildman–Crippen MR) is 77.5 cm³/mol. The number of hydrogen-bond acceptors (Lipinski definition) is 2. The van der Waals surface area contributed by atoms with Gasteiger partial charge in [0.1, 0.15) is 5.82 Å². The molecular weight excluding hydrogens is 260 g/mol. The Kier molecular flexibility index (Phi) is 2.84. The van der Waals surface area contributed by atoms with Crippen molar-refractivity contribution in [2.24, 2.45) is 0 Å². The second-order valence-corrected chi connectivity index (χ2v) is 4.88. The fraction of sp³-hybridized carbons (Fsp3) is 0.0667. The van der Waals surface area contributed by atoms with Crippen molar-refractivity contribution >= 4 is 22.5 Å². The van der Waals surface area contributed by atoms with Crippen LogP contribution in [0.25, 0.3) is 22.3 Å². The molecule has 3 aromatic rings. The van der Waals surface area contributed by atoms with Gasteiger partial charge in [0.05, 0.1) is 10.9 Å². The molecule has 1 N–H and O–H groups in total. The lowest BCUT2D eigenvalue weighted by Gasteiger charge is -2.04. The van der Waals surface area contributed by atoms with Gasteiger partial charge in [-0.2, -0.15) is 0 Å². The Morgan fingerprint density at radius 1 is 1.11 bits per heavy atom. The Labute approximate surface area is 114 Å². The summed E-state index contributed by atoms with van der Waals surface area (Å²) >= 11 is 5.88. The van der Waals surface area contributed by atoms with E-state index in [1.165, 1.54) is 5.56 Å². The molecule has 19 heavy (non-hydrogen) atoms. The number of aromatic nitrogens is 2. The van der Waals surface area contributed by atoms with Crippen LogP contribution in [-0.2, 0) is 0 Å². The third-order valence-electron chi connectivity index (χ3n) is 2.99. The van der Waals surface area contributed by atoms with Crippen molar-refractivity contribution in [2.45, 2.75) is 6.92 Å². The van der Waals surface area contributed by atoms with Crippen molar-refractivity contribution in [3.8, 4) is 11.4 Å². The molecule has 0 unspecified atom stereocenters. The smallest absolute Gasteiger partial charge is 0.259 e. The molecule has 0 saturated carbocycles. The fourth-order valence-electron chi connectivity index (χ4n) is 1.96. The molecule has 3 nitrogen and oxygen atoms in total. The quantitative estimate of drug-likeness (QED) is 0.735. The van der Waals surface area contributed by atoms with Crippen LogP contribution < -0.4 is 5.56 Å². The van der Waals surface area contributed by atoms with E-state index in [-0.39, 0.29) is 5.56 Å². The molecule has 1 aromatic heterocycles.